The first-order chi connectivity index (χ1) is 12.3. The highest BCUT2D eigenvalue weighted by molar-refractivity contribution is 7.91. The number of piperazine rings is 1. The van der Waals surface area contributed by atoms with Gasteiger partial charge in [-0.15, -0.1) is 0 Å². The van der Waals surface area contributed by atoms with Gasteiger partial charge >= 0.3 is 0 Å². The van der Waals surface area contributed by atoms with Gasteiger partial charge in [0, 0.05) is 31.9 Å². The molecule has 26 heavy (non-hydrogen) atoms. The number of carbonyl (C=O) groups excluding carboxylic acids is 2. The molecule has 3 heterocycles. The number of nitrogens with zero attached hydrogens (tertiary/aromatic N) is 3. The van der Waals surface area contributed by atoms with Crippen LogP contribution in [0.2, 0.25) is 0 Å². The number of hydrogen-bond acceptors (Lipinski definition) is 5. The van der Waals surface area contributed by atoms with Crippen LogP contribution in [-0.2, 0) is 14.6 Å². The molecule has 2 amide bonds. The molecule has 2 atom stereocenters. The molecule has 0 saturated carbocycles. The van der Waals surface area contributed by atoms with Crippen molar-refractivity contribution in [2.24, 2.45) is 0 Å². The Balaban J connectivity index is 1.86. The molecule has 1 aromatic heterocycles. The number of sulfone groups is 1. The Labute approximate surface area is 154 Å². The van der Waals surface area contributed by atoms with Crippen LogP contribution < -0.4 is 0 Å². The fourth-order valence-electron chi connectivity index (χ4n) is 3.83. The van der Waals surface area contributed by atoms with Gasteiger partial charge in [-0.2, -0.15) is 0 Å². The Morgan fingerprint density at radius 2 is 1.85 bits per heavy atom. The van der Waals surface area contributed by atoms with Crippen LogP contribution in [-0.4, -0.2) is 71.7 Å². The number of aromatic nitrogens is 1. The molecule has 2 aliphatic heterocycles. The van der Waals surface area contributed by atoms with Gasteiger partial charge in [-0.25, -0.2) is 8.42 Å². The van der Waals surface area contributed by atoms with Gasteiger partial charge < -0.3 is 9.80 Å². The third-order valence-corrected chi connectivity index (χ3v) is 6.97. The number of unbranched alkanes of at least 4 members (excludes halogenated alkanes) is 1. The molecule has 3 rings (SSSR count). The SMILES string of the molecule is CCCCC(=O)N1CCN(C(=O)c2cnccc2C)[C@H]2CS(=O)(=O)C[C@H]21. The molecule has 8 heteroatoms. The maximum Gasteiger partial charge on any atom is 0.256 e. The summed E-state index contributed by atoms with van der Waals surface area (Å²) in [5, 5.41) is 0. The standard InChI is InChI=1S/C18H25N3O4S/c1-3-4-5-17(22)20-8-9-21(16-12-26(24,25)11-15(16)20)18(23)14-10-19-7-6-13(14)2/h6-7,10,15-16H,3-5,8-9,11-12H2,1-2H3/t15-,16+/m1/s1. The highest BCUT2D eigenvalue weighted by Crippen LogP contribution is 2.29. The molecule has 2 aliphatic rings. The smallest absolute Gasteiger partial charge is 0.256 e. The van der Waals surface area contributed by atoms with Crippen LogP contribution in [0.15, 0.2) is 18.5 Å². The lowest BCUT2D eigenvalue weighted by Gasteiger charge is -2.44. The Morgan fingerprint density at radius 1 is 1.19 bits per heavy atom. The van der Waals surface area contributed by atoms with Crippen molar-refractivity contribution in [2.75, 3.05) is 24.6 Å². The highest BCUT2D eigenvalue weighted by Gasteiger charge is 2.49. The molecule has 0 radical (unpaired) electrons. The highest BCUT2D eigenvalue weighted by atomic mass is 32.2. The average molecular weight is 379 g/mol. The quantitative estimate of drug-likeness (QED) is 0.780. The molecule has 7 nitrogen and oxygen atoms in total. The van der Waals surface area contributed by atoms with Gasteiger partial charge in [0.25, 0.3) is 5.91 Å². The van der Waals surface area contributed by atoms with Crippen molar-refractivity contribution in [3.05, 3.63) is 29.6 Å². The van der Waals surface area contributed by atoms with Crippen LogP contribution >= 0.6 is 0 Å². The minimum absolute atomic E-state index is 0.0105. The first-order valence-corrected chi connectivity index (χ1v) is 10.9. The number of amides is 2. The molecule has 2 fully saturated rings. The molecule has 1 aromatic rings. The fourth-order valence-corrected chi connectivity index (χ4v) is 5.81. The Morgan fingerprint density at radius 3 is 2.50 bits per heavy atom. The third kappa shape index (κ3) is 3.60. The van der Waals surface area contributed by atoms with Crippen LogP contribution in [0.3, 0.4) is 0 Å². The zero-order chi connectivity index (χ0) is 18.9. The Hall–Kier alpha value is -1.96. The van der Waals surface area contributed by atoms with Crippen molar-refractivity contribution in [3.63, 3.8) is 0 Å². The monoisotopic (exact) mass is 379 g/mol. The number of rotatable bonds is 4. The lowest BCUT2D eigenvalue weighted by molar-refractivity contribution is -0.136. The van der Waals surface area contributed by atoms with E-state index in [-0.39, 0.29) is 23.3 Å². The largest absolute Gasteiger partial charge is 0.335 e. The van der Waals surface area contributed by atoms with Gasteiger partial charge in [0.05, 0.1) is 29.2 Å². The fraction of sp³-hybridized carbons (Fsp3) is 0.611. The minimum Gasteiger partial charge on any atom is -0.335 e. The summed E-state index contributed by atoms with van der Waals surface area (Å²) in [5.74, 6) is -0.363. The third-order valence-electron chi connectivity index (χ3n) is 5.27. The minimum atomic E-state index is -3.28. The van der Waals surface area contributed by atoms with Gasteiger partial charge in [-0.1, -0.05) is 13.3 Å². The first kappa shape index (κ1) is 18.8. The summed E-state index contributed by atoms with van der Waals surface area (Å²) in [6.07, 6.45) is 5.28. The zero-order valence-electron chi connectivity index (χ0n) is 15.2. The van der Waals surface area contributed by atoms with Gasteiger partial charge in [0.2, 0.25) is 5.91 Å². The van der Waals surface area contributed by atoms with Crippen molar-refractivity contribution in [1.29, 1.82) is 0 Å². The molecule has 0 aliphatic carbocycles. The predicted molar refractivity (Wildman–Crippen MR) is 97.5 cm³/mol. The second-order valence-electron chi connectivity index (χ2n) is 7.09. The second-order valence-corrected chi connectivity index (χ2v) is 9.25. The van der Waals surface area contributed by atoms with Gasteiger partial charge in [0.15, 0.2) is 9.84 Å². The number of carbonyl (C=O) groups is 2. The van der Waals surface area contributed by atoms with E-state index in [9.17, 15) is 18.0 Å². The van der Waals surface area contributed by atoms with Gasteiger partial charge in [-0.3, -0.25) is 14.6 Å². The lowest BCUT2D eigenvalue weighted by Crippen LogP contribution is -2.62. The van der Waals surface area contributed by atoms with Gasteiger partial charge in [-0.05, 0) is 25.0 Å². The van der Waals surface area contributed by atoms with E-state index in [1.54, 1.807) is 22.1 Å². The van der Waals surface area contributed by atoms with E-state index >= 15 is 0 Å². The lowest BCUT2D eigenvalue weighted by atomic mass is 10.0. The van der Waals surface area contributed by atoms with E-state index in [0.29, 0.717) is 25.1 Å². The van der Waals surface area contributed by atoms with E-state index in [1.165, 1.54) is 6.20 Å². The number of fused-ring (bicyclic) bond motifs is 1. The summed E-state index contributed by atoms with van der Waals surface area (Å²) in [5.41, 5.74) is 1.30. The average Bonchev–Trinajstić information content (AvgIpc) is 2.93. The van der Waals surface area contributed by atoms with Crippen LogP contribution in [0.5, 0.6) is 0 Å². The normalized spacial score (nSPS) is 24.4. The molecule has 0 unspecified atom stereocenters. The second kappa shape index (κ2) is 7.34. The van der Waals surface area contributed by atoms with Crippen molar-refractivity contribution < 1.29 is 18.0 Å². The Kier molecular flexibility index (Phi) is 5.32. The zero-order valence-corrected chi connectivity index (χ0v) is 16.0. The molecular weight excluding hydrogens is 354 g/mol. The number of pyridine rings is 1. The molecular formula is C18H25N3O4S. The van der Waals surface area contributed by atoms with E-state index in [2.05, 4.69) is 4.98 Å². The summed E-state index contributed by atoms with van der Waals surface area (Å²) in [6, 6.07) is 0.839. The summed E-state index contributed by atoms with van der Waals surface area (Å²) < 4.78 is 24.5. The van der Waals surface area contributed by atoms with E-state index in [0.717, 1.165) is 18.4 Å². The molecule has 0 bridgehead atoms. The summed E-state index contributed by atoms with van der Waals surface area (Å²) in [4.78, 5) is 32.9. The van der Waals surface area contributed by atoms with Crippen molar-refractivity contribution >= 4 is 21.7 Å². The van der Waals surface area contributed by atoms with Crippen molar-refractivity contribution in [2.45, 2.75) is 45.2 Å². The van der Waals surface area contributed by atoms with Crippen molar-refractivity contribution in [3.8, 4) is 0 Å². The van der Waals surface area contributed by atoms with E-state index in [1.807, 2.05) is 13.8 Å². The summed E-state index contributed by atoms with van der Waals surface area (Å²) in [7, 11) is -3.28. The van der Waals surface area contributed by atoms with E-state index in [4.69, 9.17) is 0 Å². The molecule has 142 valence electrons. The van der Waals surface area contributed by atoms with E-state index < -0.39 is 21.9 Å². The van der Waals surface area contributed by atoms with Crippen LogP contribution in [0.4, 0.5) is 0 Å². The van der Waals surface area contributed by atoms with Crippen molar-refractivity contribution in [1.82, 2.24) is 14.8 Å². The topological polar surface area (TPSA) is 87.7 Å². The summed E-state index contributed by atoms with van der Waals surface area (Å²) in [6.45, 7) is 4.58. The van der Waals surface area contributed by atoms with Crippen LogP contribution in [0, 0.1) is 6.92 Å². The number of hydrogen-bond donors (Lipinski definition) is 0. The van der Waals surface area contributed by atoms with Crippen LogP contribution in [0.25, 0.3) is 0 Å². The summed E-state index contributed by atoms with van der Waals surface area (Å²) >= 11 is 0. The molecule has 0 N–H and O–H groups in total. The molecule has 0 aromatic carbocycles. The van der Waals surface area contributed by atoms with Gasteiger partial charge in [0.1, 0.15) is 0 Å². The molecule has 0 spiro atoms. The maximum atomic E-state index is 13.0. The Bertz CT molecular complexity index is 808. The number of aryl methyl sites for hydroxylation is 1. The first-order valence-electron chi connectivity index (χ1n) is 9.05. The predicted octanol–water partition coefficient (Wildman–Crippen LogP) is 1.03. The maximum absolute atomic E-state index is 13.0. The van der Waals surface area contributed by atoms with Crippen LogP contribution in [0.1, 0.15) is 42.1 Å². The molecule has 2 saturated heterocycles.